The van der Waals surface area contributed by atoms with Gasteiger partial charge < -0.3 is 5.32 Å². The molecular formula is C13H14BrN3S. The lowest BCUT2D eigenvalue weighted by Crippen LogP contribution is -2.03. The number of rotatable bonds is 4. The van der Waals surface area contributed by atoms with Gasteiger partial charge in [0.1, 0.15) is 11.6 Å². The van der Waals surface area contributed by atoms with Crippen LogP contribution in [-0.2, 0) is 0 Å². The molecule has 0 radical (unpaired) electrons. The molecule has 18 heavy (non-hydrogen) atoms. The van der Waals surface area contributed by atoms with E-state index >= 15 is 0 Å². The zero-order valence-electron chi connectivity index (χ0n) is 10.1. The van der Waals surface area contributed by atoms with Gasteiger partial charge in [0.25, 0.3) is 0 Å². The summed E-state index contributed by atoms with van der Waals surface area (Å²) in [6, 6.07) is 4.10. The summed E-state index contributed by atoms with van der Waals surface area (Å²) in [5.41, 5.74) is 1.02. The van der Waals surface area contributed by atoms with Crippen LogP contribution in [0.1, 0.15) is 31.5 Å². The number of thiophene rings is 1. The van der Waals surface area contributed by atoms with Crippen molar-refractivity contribution < 1.29 is 0 Å². The molecule has 3 nitrogen and oxygen atoms in total. The van der Waals surface area contributed by atoms with Crippen LogP contribution in [0.3, 0.4) is 0 Å². The number of anilines is 1. The van der Waals surface area contributed by atoms with E-state index in [0.29, 0.717) is 5.92 Å². The maximum atomic E-state index is 4.71. The Hall–Kier alpha value is -0.940. The van der Waals surface area contributed by atoms with Gasteiger partial charge >= 0.3 is 0 Å². The Morgan fingerprint density at radius 1 is 1.44 bits per heavy atom. The fourth-order valence-electron chi connectivity index (χ4n) is 1.85. The zero-order valence-corrected chi connectivity index (χ0v) is 12.5. The largest absolute Gasteiger partial charge is 0.370 e. The molecule has 0 saturated heterocycles. The molecule has 0 spiro atoms. The quantitative estimate of drug-likeness (QED) is 0.912. The van der Waals surface area contributed by atoms with E-state index in [1.807, 2.05) is 6.07 Å². The van der Waals surface area contributed by atoms with Crippen molar-refractivity contribution in [2.75, 3.05) is 11.9 Å². The minimum absolute atomic E-state index is 0.570. The highest BCUT2D eigenvalue weighted by molar-refractivity contribution is 9.10. The van der Waals surface area contributed by atoms with Gasteiger partial charge in [-0.15, -0.1) is 11.3 Å². The maximum absolute atomic E-state index is 4.71. The fraction of sp³-hybridized carbons (Fsp3) is 0.385. The summed E-state index contributed by atoms with van der Waals surface area (Å²) in [7, 11) is 0. The van der Waals surface area contributed by atoms with Crippen molar-refractivity contribution in [3.8, 4) is 10.6 Å². The van der Waals surface area contributed by atoms with Gasteiger partial charge in [-0.05, 0) is 47.1 Å². The molecule has 94 valence electrons. The SMILES string of the molecule is CCNc1cc(-c2sccc2Br)nc(C2CC2)n1. The van der Waals surface area contributed by atoms with Crippen LogP contribution in [0, 0.1) is 0 Å². The van der Waals surface area contributed by atoms with Gasteiger partial charge in [0.15, 0.2) is 0 Å². The molecule has 2 aromatic rings. The smallest absolute Gasteiger partial charge is 0.134 e. The van der Waals surface area contributed by atoms with Gasteiger partial charge in [-0.2, -0.15) is 0 Å². The molecule has 2 aromatic heterocycles. The second-order valence-electron chi connectivity index (χ2n) is 4.40. The van der Waals surface area contributed by atoms with Crippen molar-refractivity contribution in [3.05, 3.63) is 27.8 Å². The highest BCUT2D eigenvalue weighted by Crippen LogP contribution is 2.40. The summed E-state index contributed by atoms with van der Waals surface area (Å²) in [5, 5.41) is 5.37. The third-order valence-corrected chi connectivity index (χ3v) is 4.75. The topological polar surface area (TPSA) is 37.8 Å². The number of nitrogens with zero attached hydrogens (tertiary/aromatic N) is 2. The predicted molar refractivity (Wildman–Crippen MR) is 79.2 cm³/mol. The summed E-state index contributed by atoms with van der Waals surface area (Å²) >= 11 is 5.28. The highest BCUT2D eigenvalue weighted by atomic mass is 79.9. The molecular weight excluding hydrogens is 310 g/mol. The van der Waals surface area contributed by atoms with E-state index in [0.717, 1.165) is 28.4 Å². The van der Waals surface area contributed by atoms with Crippen molar-refractivity contribution in [2.24, 2.45) is 0 Å². The van der Waals surface area contributed by atoms with Gasteiger partial charge in [0.2, 0.25) is 0 Å². The summed E-state index contributed by atoms with van der Waals surface area (Å²) in [6.45, 7) is 2.96. The molecule has 0 bridgehead atoms. The van der Waals surface area contributed by atoms with Gasteiger partial charge in [0, 0.05) is 23.0 Å². The fourth-order valence-corrected chi connectivity index (χ4v) is 3.39. The van der Waals surface area contributed by atoms with Crippen LogP contribution < -0.4 is 5.32 Å². The highest BCUT2D eigenvalue weighted by Gasteiger charge is 2.27. The van der Waals surface area contributed by atoms with E-state index in [1.54, 1.807) is 11.3 Å². The van der Waals surface area contributed by atoms with Crippen molar-refractivity contribution in [3.63, 3.8) is 0 Å². The summed E-state index contributed by atoms with van der Waals surface area (Å²) in [6.07, 6.45) is 2.45. The Morgan fingerprint density at radius 2 is 2.28 bits per heavy atom. The lowest BCUT2D eigenvalue weighted by atomic mass is 10.3. The Labute approximate surface area is 119 Å². The van der Waals surface area contributed by atoms with E-state index in [4.69, 9.17) is 4.98 Å². The molecule has 5 heteroatoms. The molecule has 1 aliphatic rings. The van der Waals surface area contributed by atoms with E-state index in [-0.39, 0.29) is 0 Å². The molecule has 2 heterocycles. The molecule has 0 aliphatic heterocycles. The van der Waals surface area contributed by atoms with Gasteiger partial charge in [-0.3, -0.25) is 0 Å². The number of nitrogens with one attached hydrogen (secondary N) is 1. The van der Waals surface area contributed by atoms with Crippen LogP contribution in [0.4, 0.5) is 5.82 Å². The third-order valence-electron chi connectivity index (χ3n) is 2.89. The van der Waals surface area contributed by atoms with E-state index in [9.17, 15) is 0 Å². The molecule has 3 rings (SSSR count). The molecule has 0 aromatic carbocycles. The van der Waals surface area contributed by atoms with Gasteiger partial charge in [-0.1, -0.05) is 0 Å². The first-order valence-electron chi connectivity index (χ1n) is 6.14. The van der Waals surface area contributed by atoms with Crippen LogP contribution >= 0.6 is 27.3 Å². The zero-order chi connectivity index (χ0) is 12.5. The van der Waals surface area contributed by atoms with Crippen LogP contribution in [0.2, 0.25) is 0 Å². The average Bonchev–Trinajstić information content (AvgIpc) is 3.12. The first-order chi connectivity index (χ1) is 8.78. The molecule has 1 fully saturated rings. The average molecular weight is 324 g/mol. The first kappa shape index (κ1) is 12.1. The molecule has 0 amide bonds. The monoisotopic (exact) mass is 323 g/mol. The number of aromatic nitrogens is 2. The molecule has 1 saturated carbocycles. The first-order valence-corrected chi connectivity index (χ1v) is 7.81. The minimum atomic E-state index is 0.570. The Bertz CT molecular complexity index is 563. The van der Waals surface area contributed by atoms with Crippen molar-refractivity contribution in [1.29, 1.82) is 0 Å². The normalized spacial score (nSPS) is 14.8. The second kappa shape index (κ2) is 4.97. The summed E-state index contributed by atoms with van der Waals surface area (Å²) in [5.74, 6) is 2.49. The molecule has 0 atom stereocenters. The lowest BCUT2D eigenvalue weighted by molar-refractivity contribution is 0.928. The standard InChI is InChI=1S/C13H14BrN3S/c1-2-15-11-7-10(12-9(14)5-6-18-12)16-13(17-11)8-3-4-8/h5-8H,2-4H2,1H3,(H,15,16,17). The summed E-state index contributed by atoms with van der Waals surface area (Å²) < 4.78 is 1.11. The van der Waals surface area contributed by atoms with Crippen LogP contribution in [0.15, 0.2) is 22.0 Å². The minimum Gasteiger partial charge on any atom is -0.370 e. The van der Waals surface area contributed by atoms with E-state index in [2.05, 4.69) is 44.6 Å². The van der Waals surface area contributed by atoms with Gasteiger partial charge in [-0.25, -0.2) is 9.97 Å². The Kier molecular flexibility index (Phi) is 3.35. The van der Waals surface area contributed by atoms with Crippen LogP contribution in [-0.4, -0.2) is 16.5 Å². The van der Waals surface area contributed by atoms with Crippen LogP contribution in [0.25, 0.3) is 10.6 Å². The Balaban J connectivity index is 2.04. The van der Waals surface area contributed by atoms with E-state index in [1.165, 1.54) is 17.7 Å². The molecule has 1 aliphatic carbocycles. The van der Waals surface area contributed by atoms with E-state index < -0.39 is 0 Å². The lowest BCUT2D eigenvalue weighted by Gasteiger charge is -2.07. The van der Waals surface area contributed by atoms with Crippen molar-refractivity contribution >= 4 is 33.1 Å². The molecule has 0 unspecified atom stereocenters. The van der Waals surface area contributed by atoms with Crippen molar-refractivity contribution in [1.82, 2.24) is 9.97 Å². The van der Waals surface area contributed by atoms with Crippen molar-refractivity contribution in [2.45, 2.75) is 25.7 Å². The number of halogens is 1. The molecule has 1 N–H and O–H groups in total. The predicted octanol–water partition coefficient (Wildman–Crippen LogP) is 4.28. The van der Waals surface area contributed by atoms with Gasteiger partial charge in [0.05, 0.1) is 10.6 Å². The third kappa shape index (κ3) is 2.42. The number of hydrogen-bond acceptors (Lipinski definition) is 4. The Morgan fingerprint density at radius 3 is 2.89 bits per heavy atom. The summed E-state index contributed by atoms with van der Waals surface area (Å²) in [4.78, 5) is 10.5. The number of hydrogen-bond donors (Lipinski definition) is 1. The maximum Gasteiger partial charge on any atom is 0.134 e. The second-order valence-corrected chi connectivity index (χ2v) is 6.17. The van der Waals surface area contributed by atoms with Crippen LogP contribution in [0.5, 0.6) is 0 Å².